The fraction of sp³-hybridized carbons (Fsp3) is 0.286. The van der Waals surface area contributed by atoms with Gasteiger partial charge in [0.05, 0.1) is 10.4 Å². The number of ether oxygens (including phenoxy) is 1. The molecular weight excluding hydrogens is 374 g/mol. The number of thiophene rings is 1. The van der Waals surface area contributed by atoms with Gasteiger partial charge in [-0.1, -0.05) is 12.1 Å². The molecule has 0 aliphatic carbocycles. The second-order valence-electron chi connectivity index (χ2n) is 4.40. The van der Waals surface area contributed by atoms with Crippen molar-refractivity contribution in [2.75, 3.05) is 6.61 Å². The average molecular weight is 390 g/mol. The lowest BCUT2D eigenvalue weighted by Crippen LogP contribution is -2.26. The summed E-state index contributed by atoms with van der Waals surface area (Å²) in [5.41, 5.74) is 0.887. The molecular formula is C14H16BrNO3S2. The van der Waals surface area contributed by atoms with Gasteiger partial charge in [-0.25, -0.2) is 13.1 Å². The molecule has 4 nitrogen and oxygen atoms in total. The van der Waals surface area contributed by atoms with Crippen LogP contribution >= 0.6 is 27.3 Å². The molecule has 0 saturated heterocycles. The molecule has 0 fully saturated rings. The van der Waals surface area contributed by atoms with E-state index in [9.17, 15) is 8.42 Å². The minimum absolute atomic E-state index is 0.298. The number of sulfonamides is 1. The summed E-state index contributed by atoms with van der Waals surface area (Å²) in [5.74, 6) is 0.776. The predicted octanol–water partition coefficient (Wildman–Crippen LogP) is 3.95. The monoisotopic (exact) mass is 389 g/mol. The van der Waals surface area contributed by atoms with Crippen LogP contribution in [0.15, 0.2) is 44.4 Å². The van der Waals surface area contributed by atoms with Gasteiger partial charge in [-0.05, 0) is 59.6 Å². The smallest absolute Gasteiger partial charge is 0.250 e. The number of hydrogen-bond donors (Lipinski definition) is 1. The van der Waals surface area contributed by atoms with E-state index in [1.807, 2.05) is 38.1 Å². The van der Waals surface area contributed by atoms with Gasteiger partial charge < -0.3 is 4.74 Å². The third-order valence-corrected chi connectivity index (χ3v) is 6.49. The van der Waals surface area contributed by atoms with E-state index in [1.165, 1.54) is 11.3 Å². The van der Waals surface area contributed by atoms with E-state index in [1.54, 1.807) is 12.1 Å². The quantitative estimate of drug-likeness (QED) is 0.813. The van der Waals surface area contributed by atoms with Crippen molar-refractivity contribution in [3.8, 4) is 5.75 Å². The molecule has 1 aromatic carbocycles. The van der Waals surface area contributed by atoms with E-state index in [-0.39, 0.29) is 6.04 Å². The largest absolute Gasteiger partial charge is 0.494 e. The highest BCUT2D eigenvalue weighted by atomic mass is 79.9. The second-order valence-corrected chi connectivity index (χ2v) is 8.81. The zero-order valence-corrected chi connectivity index (χ0v) is 14.9. The average Bonchev–Trinajstić information content (AvgIpc) is 2.87. The zero-order valence-electron chi connectivity index (χ0n) is 11.7. The van der Waals surface area contributed by atoms with Crippen molar-refractivity contribution in [2.24, 2.45) is 0 Å². The van der Waals surface area contributed by atoms with Gasteiger partial charge in [-0.3, -0.25) is 0 Å². The summed E-state index contributed by atoms with van der Waals surface area (Å²) >= 11 is 4.46. The Hall–Kier alpha value is -0.890. The molecule has 114 valence electrons. The molecule has 1 aromatic heterocycles. The standard InChI is InChI=1S/C14H16BrNO3S2/c1-3-19-12-6-4-11(5-7-12)10(2)16-21(17,18)14-9-8-13(15)20-14/h4-10,16H,3H2,1-2H3/t10-/m1/s1. The van der Waals surface area contributed by atoms with Crippen molar-refractivity contribution in [1.29, 1.82) is 0 Å². The molecule has 0 spiro atoms. The zero-order chi connectivity index (χ0) is 15.5. The first kappa shape index (κ1) is 16.5. The van der Waals surface area contributed by atoms with E-state index < -0.39 is 10.0 Å². The molecule has 21 heavy (non-hydrogen) atoms. The minimum Gasteiger partial charge on any atom is -0.494 e. The Morgan fingerprint density at radius 1 is 1.24 bits per heavy atom. The maximum Gasteiger partial charge on any atom is 0.250 e. The Labute approximate surface area is 137 Å². The number of halogens is 1. The first-order valence-electron chi connectivity index (χ1n) is 6.43. The summed E-state index contributed by atoms with van der Waals surface area (Å²) in [6.45, 7) is 4.34. The summed E-state index contributed by atoms with van der Waals surface area (Å²) in [5, 5.41) is 0. The van der Waals surface area contributed by atoms with Crippen molar-refractivity contribution in [3.63, 3.8) is 0 Å². The maximum absolute atomic E-state index is 12.3. The second kappa shape index (κ2) is 6.91. The van der Waals surface area contributed by atoms with Crippen LogP contribution in [0.1, 0.15) is 25.5 Å². The van der Waals surface area contributed by atoms with Crippen LogP contribution < -0.4 is 9.46 Å². The SMILES string of the molecule is CCOc1ccc([C@@H](C)NS(=O)(=O)c2ccc(Br)s2)cc1. The number of benzene rings is 1. The molecule has 1 heterocycles. The fourth-order valence-electron chi connectivity index (χ4n) is 1.82. The normalized spacial score (nSPS) is 13.1. The van der Waals surface area contributed by atoms with Crippen LogP contribution in [0.3, 0.4) is 0 Å². The van der Waals surface area contributed by atoms with Crippen LogP contribution in [0.4, 0.5) is 0 Å². The van der Waals surface area contributed by atoms with Gasteiger partial charge in [0, 0.05) is 6.04 Å². The highest BCUT2D eigenvalue weighted by Crippen LogP contribution is 2.27. The third kappa shape index (κ3) is 4.29. The van der Waals surface area contributed by atoms with Crippen molar-refractivity contribution >= 4 is 37.3 Å². The number of nitrogens with one attached hydrogen (secondary N) is 1. The van der Waals surface area contributed by atoms with Crippen molar-refractivity contribution < 1.29 is 13.2 Å². The van der Waals surface area contributed by atoms with Crippen LogP contribution in [0, 0.1) is 0 Å². The predicted molar refractivity (Wildman–Crippen MR) is 88.4 cm³/mol. The summed E-state index contributed by atoms with van der Waals surface area (Å²) in [7, 11) is -3.50. The van der Waals surface area contributed by atoms with E-state index in [0.29, 0.717) is 10.8 Å². The van der Waals surface area contributed by atoms with Gasteiger partial charge in [0.2, 0.25) is 0 Å². The lowest BCUT2D eigenvalue weighted by atomic mass is 10.1. The third-order valence-electron chi connectivity index (χ3n) is 2.84. The number of rotatable bonds is 6. The maximum atomic E-state index is 12.3. The van der Waals surface area contributed by atoms with E-state index >= 15 is 0 Å². The molecule has 7 heteroatoms. The molecule has 0 bridgehead atoms. The van der Waals surface area contributed by atoms with Crippen molar-refractivity contribution in [1.82, 2.24) is 4.72 Å². The Kier molecular flexibility index (Phi) is 5.43. The van der Waals surface area contributed by atoms with Crippen LogP contribution in [0.25, 0.3) is 0 Å². The van der Waals surface area contributed by atoms with E-state index in [2.05, 4.69) is 20.7 Å². The topological polar surface area (TPSA) is 55.4 Å². The number of hydrogen-bond acceptors (Lipinski definition) is 4. The molecule has 0 aliphatic heterocycles. The lowest BCUT2D eigenvalue weighted by molar-refractivity contribution is 0.340. The molecule has 2 rings (SSSR count). The highest BCUT2D eigenvalue weighted by molar-refractivity contribution is 9.11. The van der Waals surface area contributed by atoms with Crippen LogP contribution in [-0.4, -0.2) is 15.0 Å². The van der Waals surface area contributed by atoms with Crippen LogP contribution in [-0.2, 0) is 10.0 Å². The van der Waals surface area contributed by atoms with E-state index in [0.717, 1.165) is 15.1 Å². The van der Waals surface area contributed by atoms with Gasteiger partial charge in [-0.15, -0.1) is 11.3 Å². The highest BCUT2D eigenvalue weighted by Gasteiger charge is 2.20. The lowest BCUT2D eigenvalue weighted by Gasteiger charge is -2.14. The molecule has 0 unspecified atom stereocenters. The van der Waals surface area contributed by atoms with Crippen molar-refractivity contribution in [2.45, 2.75) is 24.1 Å². The Balaban J connectivity index is 2.11. The summed E-state index contributed by atoms with van der Waals surface area (Å²) in [4.78, 5) is 0. The Morgan fingerprint density at radius 2 is 1.90 bits per heavy atom. The van der Waals surface area contributed by atoms with Gasteiger partial charge in [0.25, 0.3) is 10.0 Å². The van der Waals surface area contributed by atoms with Gasteiger partial charge >= 0.3 is 0 Å². The fourth-order valence-corrected chi connectivity index (χ4v) is 5.08. The van der Waals surface area contributed by atoms with Crippen molar-refractivity contribution in [3.05, 3.63) is 45.7 Å². The molecule has 1 N–H and O–H groups in total. The molecule has 1 atom stereocenters. The van der Waals surface area contributed by atoms with E-state index in [4.69, 9.17) is 4.74 Å². The molecule has 0 radical (unpaired) electrons. The first-order chi connectivity index (χ1) is 9.92. The van der Waals surface area contributed by atoms with Gasteiger partial charge in [0.1, 0.15) is 9.96 Å². The molecule has 2 aromatic rings. The molecule has 0 aliphatic rings. The van der Waals surface area contributed by atoms with Gasteiger partial charge in [-0.2, -0.15) is 0 Å². The van der Waals surface area contributed by atoms with Gasteiger partial charge in [0.15, 0.2) is 0 Å². The minimum atomic E-state index is -3.50. The summed E-state index contributed by atoms with van der Waals surface area (Å²) in [6.07, 6.45) is 0. The summed E-state index contributed by atoms with van der Waals surface area (Å²) < 4.78 is 33.6. The molecule has 0 saturated carbocycles. The van der Waals surface area contributed by atoms with Crippen LogP contribution in [0.5, 0.6) is 5.75 Å². The Bertz CT molecular complexity index is 695. The summed E-state index contributed by atoms with van der Waals surface area (Å²) in [6, 6.07) is 10.4. The Morgan fingerprint density at radius 3 is 2.43 bits per heavy atom. The van der Waals surface area contributed by atoms with Crippen LogP contribution in [0.2, 0.25) is 0 Å². The molecule has 0 amide bonds. The first-order valence-corrected chi connectivity index (χ1v) is 9.52.